The van der Waals surface area contributed by atoms with Gasteiger partial charge in [0.05, 0.1) is 11.4 Å². The standard InChI is InChI=1S/C32H28N4/c1-5-25-27(6-2)36(28-19-10-9-18-26(28)32(25,3)4)31-34-29(24-17-12-20-33-30(24)35-31)23-16-11-14-21-13-7-8-15-22(21)23/h5-20H,1-4H3. The largest absolute Gasteiger partial charge is 0.279 e. The maximum Gasteiger partial charge on any atom is 0.237 e. The summed E-state index contributed by atoms with van der Waals surface area (Å²) in [4.78, 5) is 17.1. The predicted octanol–water partition coefficient (Wildman–Crippen LogP) is 8.12. The fraction of sp³-hybridized carbons (Fsp3) is 0.156. The average molecular weight is 469 g/mol. The predicted molar refractivity (Wildman–Crippen MR) is 149 cm³/mol. The van der Waals surface area contributed by atoms with E-state index in [0.717, 1.165) is 33.4 Å². The van der Waals surface area contributed by atoms with Crippen LogP contribution in [0.5, 0.6) is 0 Å². The Morgan fingerprint density at radius 2 is 1.50 bits per heavy atom. The Balaban J connectivity index is 1.69. The van der Waals surface area contributed by atoms with Crippen LogP contribution in [-0.2, 0) is 5.41 Å². The first-order valence-corrected chi connectivity index (χ1v) is 12.4. The van der Waals surface area contributed by atoms with E-state index in [2.05, 4.69) is 123 Å². The van der Waals surface area contributed by atoms with E-state index in [-0.39, 0.29) is 5.41 Å². The first kappa shape index (κ1) is 22.2. The zero-order valence-corrected chi connectivity index (χ0v) is 21.0. The Morgan fingerprint density at radius 1 is 0.750 bits per heavy atom. The highest BCUT2D eigenvalue weighted by molar-refractivity contribution is 6.03. The van der Waals surface area contributed by atoms with Crippen molar-refractivity contribution in [3.8, 4) is 11.3 Å². The van der Waals surface area contributed by atoms with Crippen molar-refractivity contribution in [2.24, 2.45) is 0 Å². The van der Waals surface area contributed by atoms with E-state index in [9.17, 15) is 0 Å². The molecular weight excluding hydrogens is 440 g/mol. The van der Waals surface area contributed by atoms with Crippen LogP contribution in [0.1, 0.15) is 33.3 Å². The smallest absolute Gasteiger partial charge is 0.237 e. The summed E-state index contributed by atoms with van der Waals surface area (Å²) in [5.74, 6) is 0.625. The lowest BCUT2D eigenvalue weighted by molar-refractivity contribution is 0.609. The van der Waals surface area contributed by atoms with Gasteiger partial charge in [-0.1, -0.05) is 86.7 Å². The van der Waals surface area contributed by atoms with Gasteiger partial charge in [0.15, 0.2) is 5.65 Å². The molecule has 4 nitrogen and oxygen atoms in total. The molecule has 0 fully saturated rings. The van der Waals surface area contributed by atoms with Gasteiger partial charge in [0.2, 0.25) is 5.95 Å². The van der Waals surface area contributed by atoms with Crippen molar-refractivity contribution in [3.63, 3.8) is 0 Å². The lowest BCUT2D eigenvalue weighted by atomic mass is 9.72. The van der Waals surface area contributed by atoms with Gasteiger partial charge in [-0.05, 0) is 54.0 Å². The molecule has 0 radical (unpaired) electrons. The summed E-state index contributed by atoms with van der Waals surface area (Å²) in [5, 5.41) is 3.29. The summed E-state index contributed by atoms with van der Waals surface area (Å²) < 4.78 is 0. The van der Waals surface area contributed by atoms with Crippen LogP contribution in [0.15, 0.2) is 108 Å². The topological polar surface area (TPSA) is 41.9 Å². The maximum atomic E-state index is 5.27. The second-order valence-corrected chi connectivity index (χ2v) is 9.63. The lowest BCUT2D eigenvalue weighted by Gasteiger charge is -2.43. The minimum atomic E-state index is -0.142. The second-order valence-electron chi connectivity index (χ2n) is 9.63. The minimum Gasteiger partial charge on any atom is -0.279 e. The summed E-state index contributed by atoms with van der Waals surface area (Å²) >= 11 is 0. The second kappa shape index (κ2) is 8.42. The van der Waals surface area contributed by atoms with Crippen molar-refractivity contribution in [3.05, 3.63) is 114 Å². The molecule has 0 aliphatic carbocycles. The zero-order chi connectivity index (χ0) is 24.9. The fourth-order valence-electron chi connectivity index (χ4n) is 5.61. The summed E-state index contributed by atoms with van der Waals surface area (Å²) in [5.41, 5.74) is 7.21. The average Bonchev–Trinajstić information content (AvgIpc) is 2.92. The van der Waals surface area contributed by atoms with Gasteiger partial charge < -0.3 is 0 Å². The number of para-hydroxylation sites is 1. The Morgan fingerprint density at radius 3 is 2.33 bits per heavy atom. The molecule has 0 saturated heterocycles. The molecule has 4 heteroatoms. The van der Waals surface area contributed by atoms with Crippen molar-refractivity contribution in [1.82, 2.24) is 15.0 Å². The fourth-order valence-corrected chi connectivity index (χ4v) is 5.61. The van der Waals surface area contributed by atoms with Gasteiger partial charge >= 0.3 is 0 Å². The molecule has 0 unspecified atom stereocenters. The van der Waals surface area contributed by atoms with Crippen LogP contribution in [0.3, 0.4) is 0 Å². The number of nitrogens with zero attached hydrogens (tertiary/aromatic N) is 4. The highest BCUT2D eigenvalue weighted by Gasteiger charge is 2.39. The monoisotopic (exact) mass is 468 g/mol. The van der Waals surface area contributed by atoms with E-state index >= 15 is 0 Å². The number of anilines is 2. The molecule has 0 spiro atoms. The van der Waals surface area contributed by atoms with E-state index in [4.69, 9.17) is 9.97 Å². The van der Waals surface area contributed by atoms with Crippen LogP contribution in [0.25, 0.3) is 33.1 Å². The molecule has 36 heavy (non-hydrogen) atoms. The molecule has 3 aromatic carbocycles. The van der Waals surface area contributed by atoms with Crippen molar-refractivity contribution in [2.45, 2.75) is 33.1 Å². The number of fused-ring (bicyclic) bond motifs is 3. The molecular formula is C32H28N4. The third-order valence-electron chi connectivity index (χ3n) is 7.27. The van der Waals surface area contributed by atoms with Gasteiger partial charge in [-0.3, -0.25) is 4.90 Å². The summed E-state index contributed by atoms with van der Waals surface area (Å²) in [7, 11) is 0. The van der Waals surface area contributed by atoms with E-state index in [1.807, 2.05) is 6.07 Å². The van der Waals surface area contributed by atoms with E-state index in [1.54, 1.807) is 6.20 Å². The van der Waals surface area contributed by atoms with Crippen molar-refractivity contribution < 1.29 is 0 Å². The van der Waals surface area contributed by atoms with Crippen molar-refractivity contribution in [1.29, 1.82) is 0 Å². The first-order chi connectivity index (χ1) is 17.5. The third-order valence-corrected chi connectivity index (χ3v) is 7.27. The van der Waals surface area contributed by atoms with Crippen LogP contribution < -0.4 is 4.90 Å². The highest BCUT2D eigenvalue weighted by Crippen LogP contribution is 2.50. The summed E-state index contributed by atoms with van der Waals surface area (Å²) in [6.07, 6.45) is 6.17. The number of hydrogen-bond acceptors (Lipinski definition) is 4. The van der Waals surface area contributed by atoms with E-state index < -0.39 is 0 Å². The molecule has 176 valence electrons. The third kappa shape index (κ3) is 3.25. The zero-order valence-electron chi connectivity index (χ0n) is 21.0. The van der Waals surface area contributed by atoms with Crippen LogP contribution in [-0.4, -0.2) is 15.0 Å². The van der Waals surface area contributed by atoms with Gasteiger partial charge in [0, 0.05) is 28.3 Å². The normalized spacial score (nSPS) is 17.2. The Bertz CT molecular complexity index is 1690. The molecule has 0 atom stereocenters. The van der Waals surface area contributed by atoms with Crippen LogP contribution in [0.4, 0.5) is 11.6 Å². The number of benzene rings is 3. The molecule has 6 rings (SSSR count). The van der Waals surface area contributed by atoms with Crippen molar-refractivity contribution >= 4 is 33.4 Å². The first-order valence-electron chi connectivity index (χ1n) is 12.4. The molecule has 1 aliphatic heterocycles. The van der Waals surface area contributed by atoms with E-state index in [0.29, 0.717) is 11.6 Å². The number of pyridine rings is 1. The van der Waals surface area contributed by atoms with Gasteiger partial charge in [-0.15, -0.1) is 0 Å². The van der Waals surface area contributed by atoms with Crippen LogP contribution in [0.2, 0.25) is 0 Å². The van der Waals surface area contributed by atoms with Crippen molar-refractivity contribution in [2.75, 3.05) is 4.90 Å². The van der Waals surface area contributed by atoms with E-state index in [1.165, 1.54) is 16.5 Å². The van der Waals surface area contributed by atoms with Crippen LogP contribution >= 0.6 is 0 Å². The number of allylic oxidation sites excluding steroid dienone is 3. The molecule has 5 aromatic rings. The number of hydrogen-bond donors (Lipinski definition) is 0. The lowest BCUT2D eigenvalue weighted by Crippen LogP contribution is -2.36. The molecule has 0 N–H and O–H groups in total. The Kier molecular flexibility index (Phi) is 5.18. The van der Waals surface area contributed by atoms with Gasteiger partial charge in [-0.2, -0.15) is 4.98 Å². The summed E-state index contributed by atoms with van der Waals surface area (Å²) in [6.45, 7) is 8.76. The van der Waals surface area contributed by atoms with Crippen LogP contribution in [0, 0.1) is 0 Å². The minimum absolute atomic E-state index is 0.142. The Labute approximate surface area is 211 Å². The van der Waals surface area contributed by atoms with Gasteiger partial charge in [0.25, 0.3) is 0 Å². The number of aromatic nitrogens is 3. The molecule has 1 aliphatic rings. The van der Waals surface area contributed by atoms with Gasteiger partial charge in [-0.25, -0.2) is 9.97 Å². The van der Waals surface area contributed by atoms with Gasteiger partial charge in [0.1, 0.15) is 0 Å². The molecule has 0 saturated carbocycles. The molecule has 0 bridgehead atoms. The SMILES string of the molecule is CC=C1C(=CC)C(C)(C)c2ccccc2N1c1nc(-c2cccc3ccccc23)c2cccnc2n1. The molecule has 2 aromatic heterocycles. The Hall–Kier alpha value is -4.31. The highest BCUT2D eigenvalue weighted by atomic mass is 15.3. The molecule has 3 heterocycles. The maximum absolute atomic E-state index is 5.27. The summed E-state index contributed by atoms with van der Waals surface area (Å²) in [6, 6.07) is 27.4. The quantitative estimate of drug-likeness (QED) is 0.262. The number of rotatable bonds is 2. The molecule has 0 amide bonds.